The number of rotatable bonds is 6. The standard InChI is InChI=1S/C22H34O5/c1-7-20-22(5,24)11-10-18(27-20)15(3)12-14(2)8-9-17-13-19(25-6)16(4)21(23)26-17/h8-9,12,14,17-18,20,24H,7,10-11,13H2,1-6H3/b9-8+,15-12+. The van der Waals surface area contributed by atoms with Crippen molar-refractivity contribution in [1.29, 1.82) is 0 Å². The summed E-state index contributed by atoms with van der Waals surface area (Å²) in [5.41, 5.74) is 0.976. The lowest BCUT2D eigenvalue weighted by atomic mass is 9.85. The number of methoxy groups -OCH3 is 1. The summed E-state index contributed by atoms with van der Waals surface area (Å²) in [5, 5.41) is 10.4. The van der Waals surface area contributed by atoms with Crippen LogP contribution in [-0.4, -0.2) is 42.1 Å². The van der Waals surface area contributed by atoms with Crippen molar-refractivity contribution < 1.29 is 24.1 Å². The van der Waals surface area contributed by atoms with Crippen LogP contribution in [0.1, 0.15) is 60.3 Å². The van der Waals surface area contributed by atoms with E-state index in [1.165, 1.54) is 5.57 Å². The molecule has 0 aromatic heterocycles. The number of esters is 1. The van der Waals surface area contributed by atoms with Gasteiger partial charge in [-0.05, 0) is 57.6 Å². The molecule has 5 heteroatoms. The minimum atomic E-state index is -0.743. The first kappa shape index (κ1) is 21.7. The maximum absolute atomic E-state index is 11.9. The normalized spacial score (nSPS) is 34.0. The molecular weight excluding hydrogens is 344 g/mol. The van der Waals surface area contributed by atoms with Gasteiger partial charge in [0, 0.05) is 6.42 Å². The van der Waals surface area contributed by atoms with Crippen molar-refractivity contribution in [1.82, 2.24) is 0 Å². The lowest BCUT2D eigenvalue weighted by molar-refractivity contribution is -0.158. The highest BCUT2D eigenvalue weighted by Crippen LogP contribution is 2.33. The molecule has 5 atom stereocenters. The van der Waals surface area contributed by atoms with Gasteiger partial charge in [0.2, 0.25) is 0 Å². The van der Waals surface area contributed by atoms with Gasteiger partial charge in [0.25, 0.3) is 0 Å². The maximum atomic E-state index is 11.9. The highest BCUT2D eigenvalue weighted by Gasteiger charge is 2.38. The lowest BCUT2D eigenvalue weighted by Crippen LogP contribution is -2.47. The van der Waals surface area contributed by atoms with E-state index in [0.717, 1.165) is 19.3 Å². The smallest absolute Gasteiger partial charge is 0.337 e. The SMILES string of the molecule is CCC1OC(/C(C)=C/C(C)/C=C/C2CC(OC)=C(C)C(=O)O2)CCC1(C)O. The highest BCUT2D eigenvalue weighted by atomic mass is 16.6. The van der Waals surface area contributed by atoms with Gasteiger partial charge in [-0.2, -0.15) is 0 Å². The molecule has 0 aromatic carbocycles. The molecule has 5 unspecified atom stereocenters. The molecule has 0 saturated carbocycles. The lowest BCUT2D eigenvalue weighted by Gasteiger charge is -2.41. The average Bonchev–Trinajstić information content (AvgIpc) is 2.62. The number of hydrogen-bond acceptors (Lipinski definition) is 5. The van der Waals surface area contributed by atoms with Crippen molar-refractivity contribution in [3.8, 4) is 0 Å². The quantitative estimate of drug-likeness (QED) is 0.557. The Morgan fingerprint density at radius 2 is 2.19 bits per heavy atom. The Morgan fingerprint density at radius 3 is 2.81 bits per heavy atom. The van der Waals surface area contributed by atoms with Crippen molar-refractivity contribution in [2.75, 3.05) is 7.11 Å². The van der Waals surface area contributed by atoms with Gasteiger partial charge < -0.3 is 19.3 Å². The number of aliphatic hydroxyl groups is 1. The van der Waals surface area contributed by atoms with Crippen LogP contribution in [0.3, 0.4) is 0 Å². The van der Waals surface area contributed by atoms with Gasteiger partial charge in [-0.3, -0.25) is 0 Å². The molecule has 1 fully saturated rings. The van der Waals surface area contributed by atoms with E-state index >= 15 is 0 Å². The third-order valence-electron chi connectivity index (χ3n) is 5.58. The largest absolute Gasteiger partial charge is 0.500 e. The Hall–Kier alpha value is -1.59. The molecule has 152 valence electrons. The minimum Gasteiger partial charge on any atom is -0.500 e. The molecule has 0 amide bonds. The van der Waals surface area contributed by atoms with Crippen LogP contribution in [-0.2, 0) is 19.0 Å². The Labute approximate surface area is 163 Å². The summed E-state index contributed by atoms with van der Waals surface area (Å²) in [6.45, 7) is 9.80. The van der Waals surface area contributed by atoms with E-state index < -0.39 is 5.60 Å². The summed E-state index contributed by atoms with van der Waals surface area (Å²) < 4.78 is 16.8. The van der Waals surface area contributed by atoms with Gasteiger partial charge in [-0.1, -0.05) is 26.0 Å². The van der Waals surface area contributed by atoms with Gasteiger partial charge in [-0.15, -0.1) is 0 Å². The fraction of sp³-hybridized carbons (Fsp3) is 0.682. The molecule has 1 saturated heterocycles. The van der Waals surface area contributed by atoms with E-state index in [9.17, 15) is 9.90 Å². The number of cyclic esters (lactones) is 1. The van der Waals surface area contributed by atoms with Gasteiger partial charge in [0.05, 0.1) is 30.5 Å². The van der Waals surface area contributed by atoms with Crippen molar-refractivity contribution in [3.05, 3.63) is 35.1 Å². The second-order valence-corrected chi connectivity index (χ2v) is 7.97. The first-order valence-corrected chi connectivity index (χ1v) is 9.87. The van der Waals surface area contributed by atoms with Gasteiger partial charge in [0.15, 0.2) is 0 Å². The van der Waals surface area contributed by atoms with Gasteiger partial charge >= 0.3 is 5.97 Å². The molecule has 27 heavy (non-hydrogen) atoms. The third-order valence-corrected chi connectivity index (χ3v) is 5.58. The second kappa shape index (κ2) is 9.07. The molecular formula is C22H34O5. The van der Waals surface area contributed by atoms with Crippen molar-refractivity contribution in [3.63, 3.8) is 0 Å². The van der Waals surface area contributed by atoms with Gasteiger partial charge in [0.1, 0.15) is 11.9 Å². The minimum absolute atomic E-state index is 0.0456. The summed E-state index contributed by atoms with van der Waals surface area (Å²) in [5.74, 6) is 0.557. The van der Waals surface area contributed by atoms with Crippen LogP contribution in [0.15, 0.2) is 35.1 Å². The zero-order chi connectivity index (χ0) is 20.2. The van der Waals surface area contributed by atoms with E-state index in [2.05, 4.69) is 19.9 Å². The number of hydrogen-bond donors (Lipinski definition) is 1. The molecule has 2 aliphatic heterocycles. The van der Waals surface area contributed by atoms with E-state index in [1.807, 2.05) is 26.0 Å². The predicted octanol–water partition coefficient (Wildman–Crippen LogP) is 4.07. The zero-order valence-electron chi connectivity index (χ0n) is 17.5. The van der Waals surface area contributed by atoms with E-state index in [1.54, 1.807) is 14.0 Å². The predicted molar refractivity (Wildman–Crippen MR) is 105 cm³/mol. The van der Waals surface area contributed by atoms with E-state index in [4.69, 9.17) is 14.2 Å². The summed E-state index contributed by atoms with van der Waals surface area (Å²) in [4.78, 5) is 11.9. The van der Waals surface area contributed by atoms with Crippen molar-refractivity contribution >= 4 is 5.97 Å². The molecule has 0 aromatic rings. The van der Waals surface area contributed by atoms with Crippen LogP contribution in [0.4, 0.5) is 0 Å². The second-order valence-electron chi connectivity index (χ2n) is 7.97. The average molecular weight is 379 g/mol. The highest BCUT2D eigenvalue weighted by molar-refractivity contribution is 5.89. The maximum Gasteiger partial charge on any atom is 0.337 e. The molecule has 2 heterocycles. The van der Waals surface area contributed by atoms with Crippen molar-refractivity contribution in [2.45, 2.75) is 84.2 Å². The molecule has 0 radical (unpaired) electrons. The molecule has 0 aliphatic carbocycles. The van der Waals surface area contributed by atoms with Crippen LogP contribution in [0.25, 0.3) is 0 Å². The first-order chi connectivity index (χ1) is 12.7. The van der Waals surface area contributed by atoms with E-state index in [0.29, 0.717) is 17.8 Å². The molecule has 2 rings (SSSR count). The van der Waals surface area contributed by atoms with Crippen molar-refractivity contribution in [2.24, 2.45) is 5.92 Å². The van der Waals surface area contributed by atoms with Crippen LogP contribution >= 0.6 is 0 Å². The number of allylic oxidation sites excluding steroid dienone is 2. The third kappa shape index (κ3) is 5.45. The van der Waals surface area contributed by atoms with Crippen LogP contribution < -0.4 is 0 Å². The zero-order valence-corrected chi connectivity index (χ0v) is 17.5. The number of carbonyl (C=O) groups is 1. The van der Waals surface area contributed by atoms with Crippen LogP contribution in [0, 0.1) is 5.92 Å². The Balaban J connectivity index is 1.97. The summed E-state index contributed by atoms with van der Waals surface area (Å²) in [7, 11) is 1.58. The topological polar surface area (TPSA) is 65.0 Å². The molecule has 2 aliphatic rings. The Morgan fingerprint density at radius 1 is 1.48 bits per heavy atom. The fourth-order valence-corrected chi connectivity index (χ4v) is 3.81. The van der Waals surface area contributed by atoms with E-state index in [-0.39, 0.29) is 30.2 Å². The molecule has 1 N–H and O–H groups in total. The summed E-state index contributed by atoms with van der Waals surface area (Å²) >= 11 is 0. The Kier molecular flexibility index (Phi) is 7.29. The first-order valence-electron chi connectivity index (χ1n) is 9.87. The van der Waals surface area contributed by atoms with Gasteiger partial charge in [-0.25, -0.2) is 4.79 Å². The molecule has 5 nitrogen and oxygen atoms in total. The van der Waals surface area contributed by atoms with Crippen LogP contribution in [0.2, 0.25) is 0 Å². The monoisotopic (exact) mass is 378 g/mol. The summed E-state index contributed by atoms with van der Waals surface area (Å²) in [6, 6.07) is 0. The molecule has 0 spiro atoms. The Bertz CT molecular complexity index is 629. The van der Waals surface area contributed by atoms with Crippen LogP contribution in [0.5, 0.6) is 0 Å². The summed E-state index contributed by atoms with van der Waals surface area (Å²) in [6.07, 6.45) is 8.71. The molecule has 0 bridgehead atoms. The number of ether oxygens (including phenoxy) is 3. The number of carbonyl (C=O) groups excluding carboxylic acids is 1. The fourth-order valence-electron chi connectivity index (χ4n) is 3.81.